The topological polar surface area (TPSA) is 3.24 Å². The third kappa shape index (κ3) is 4.81. The predicted octanol–water partition coefficient (Wildman–Crippen LogP) is 13.3. The third-order valence-corrected chi connectivity index (χ3v) is 13.0. The van der Waals surface area contributed by atoms with Crippen molar-refractivity contribution in [3.05, 3.63) is 162 Å². The van der Waals surface area contributed by atoms with E-state index in [9.17, 15) is 0 Å². The van der Waals surface area contributed by atoms with Crippen LogP contribution in [0.1, 0.15) is 69.1 Å². The van der Waals surface area contributed by atoms with Gasteiger partial charge in [0.25, 0.3) is 0 Å². The average molecular weight is 648 g/mol. The second kappa shape index (κ2) is 11.3. The molecule has 5 aliphatic carbocycles. The molecule has 11 rings (SSSR count). The first-order valence-electron chi connectivity index (χ1n) is 18.8. The van der Waals surface area contributed by atoms with Gasteiger partial charge in [0.15, 0.2) is 0 Å². The van der Waals surface area contributed by atoms with Crippen LogP contribution in [0.2, 0.25) is 0 Å². The van der Waals surface area contributed by atoms with E-state index in [1.165, 1.54) is 88.7 Å². The quantitative estimate of drug-likeness (QED) is 0.174. The molecule has 0 unspecified atom stereocenters. The Balaban J connectivity index is 1.02. The molecule has 4 bridgehead atoms. The van der Waals surface area contributed by atoms with Crippen LogP contribution in [0.5, 0.6) is 0 Å². The average Bonchev–Trinajstić information content (AvgIpc) is 3.38. The van der Waals surface area contributed by atoms with Gasteiger partial charge in [-0.2, -0.15) is 0 Å². The van der Waals surface area contributed by atoms with Gasteiger partial charge in [-0.15, -0.1) is 0 Å². The molecule has 4 fully saturated rings. The molecule has 0 saturated heterocycles. The van der Waals surface area contributed by atoms with Gasteiger partial charge in [0.1, 0.15) is 0 Å². The number of anilines is 3. The van der Waals surface area contributed by atoms with Crippen LogP contribution in [0, 0.1) is 17.8 Å². The van der Waals surface area contributed by atoms with Crippen molar-refractivity contribution in [3.8, 4) is 33.4 Å². The highest BCUT2D eigenvalue weighted by Crippen LogP contribution is 2.61. The van der Waals surface area contributed by atoms with E-state index in [2.05, 4.69) is 164 Å². The van der Waals surface area contributed by atoms with Gasteiger partial charge < -0.3 is 4.90 Å². The molecule has 6 aromatic rings. The van der Waals surface area contributed by atoms with Crippen molar-refractivity contribution < 1.29 is 0 Å². The van der Waals surface area contributed by atoms with Gasteiger partial charge in [-0.25, -0.2) is 0 Å². The Morgan fingerprint density at radius 2 is 0.980 bits per heavy atom. The molecule has 246 valence electrons. The lowest BCUT2D eigenvalue weighted by atomic mass is 9.48. The molecule has 4 saturated carbocycles. The van der Waals surface area contributed by atoms with E-state index in [1.54, 1.807) is 5.56 Å². The van der Waals surface area contributed by atoms with Crippen molar-refractivity contribution >= 4 is 17.1 Å². The minimum absolute atomic E-state index is 0.0638. The number of rotatable bonds is 6. The molecule has 0 atom stereocenters. The van der Waals surface area contributed by atoms with Crippen LogP contribution in [0.25, 0.3) is 33.4 Å². The fourth-order valence-electron chi connectivity index (χ4n) is 11.0. The maximum atomic E-state index is 2.47. The Morgan fingerprint density at radius 3 is 1.68 bits per heavy atom. The molecule has 1 nitrogen and oxygen atoms in total. The molecular formula is C49H45N. The normalized spacial score (nSPS) is 23.8. The highest BCUT2D eigenvalue weighted by Gasteiger charge is 2.51. The first-order chi connectivity index (χ1) is 24.4. The number of benzene rings is 6. The van der Waals surface area contributed by atoms with Gasteiger partial charge in [-0.05, 0) is 148 Å². The molecule has 0 heterocycles. The molecule has 1 heteroatoms. The van der Waals surface area contributed by atoms with Crippen LogP contribution < -0.4 is 4.90 Å². The molecule has 0 N–H and O–H groups in total. The lowest BCUT2D eigenvalue weighted by Crippen LogP contribution is -2.48. The Morgan fingerprint density at radius 1 is 0.440 bits per heavy atom. The molecule has 0 radical (unpaired) electrons. The number of nitrogens with zero attached hydrogens (tertiary/aromatic N) is 1. The predicted molar refractivity (Wildman–Crippen MR) is 209 cm³/mol. The fourth-order valence-corrected chi connectivity index (χ4v) is 11.0. The van der Waals surface area contributed by atoms with Gasteiger partial charge >= 0.3 is 0 Å². The Hall–Kier alpha value is -4.88. The molecule has 5 aliphatic rings. The standard InChI is InChI=1S/C49H45N/c1-48(2)46-14-7-6-13-44(46)45-24-23-43(29-47(45)48)50(42-12-8-11-39(28-42)36-9-4-3-5-10-36)41-21-17-38(18-22-41)37-15-19-40(20-16-37)49-30-33-25-34(31-49)27-35(26-33)32-49/h3-24,28-29,33-35H,25-27,30-32H2,1-2H3. The zero-order chi connectivity index (χ0) is 33.5. The summed E-state index contributed by atoms with van der Waals surface area (Å²) in [6.45, 7) is 4.73. The highest BCUT2D eigenvalue weighted by atomic mass is 15.1. The molecule has 50 heavy (non-hydrogen) atoms. The number of hydrogen-bond acceptors (Lipinski definition) is 1. The summed E-state index contributed by atoms with van der Waals surface area (Å²) >= 11 is 0. The van der Waals surface area contributed by atoms with E-state index in [0.717, 1.165) is 29.1 Å². The molecule has 0 spiro atoms. The summed E-state index contributed by atoms with van der Waals surface area (Å²) < 4.78 is 0. The molecule has 0 aromatic heterocycles. The lowest BCUT2D eigenvalue weighted by molar-refractivity contribution is -0.00518. The van der Waals surface area contributed by atoms with Crippen LogP contribution in [0.4, 0.5) is 17.1 Å². The Kier molecular flexibility index (Phi) is 6.79. The monoisotopic (exact) mass is 647 g/mol. The number of hydrogen-bond donors (Lipinski definition) is 0. The summed E-state index contributed by atoms with van der Waals surface area (Å²) in [5.74, 6) is 2.91. The van der Waals surface area contributed by atoms with Crippen molar-refractivity contribution in [1.82, 2.24) is 0 Å². The second-order valence-electron chi connectivity index (χ2n) is 16.5. The maximum Gasteiger partial charge on any atom is 0.0467 e. The van der Waals surface area contributed by atoms with Crippen LogP contribution in [0.15, 0.2) is 146 Å². The van der Waals surface area contributed by atoms with E-state index in [0.29, 0.717) is 5.41 Å². The van der Waals surface area contributed by atoms with E-state index in [4.69, 9.17) is 0 Å². The van der Waals surface area contributed by atoms with Crippen LogP contribution in [-0.4, -0.2) is 0 Å². The molecule has 0 aliphatic heterocycles. The van der Waals surface area contributed by atoms with E-state index in [-0.39, 0.29) is 5.41 Å². The van der Waals surface area contributed by atoms with Gasteiger partial charge in [0.05, 0.1) is 0 Å². The smallest absolute Gasteiger partial charge is 0.0467 e. The minimum Gasteiger partial charge on any atom is -0.310 e. The van der Waals surface area contributed by atoms with E-state index in [1.807, 2.05) is 0 Å². The Bertz CT molecular complexity index is 2170. The van der Waals surface area contributed by atoms with E-state index < -0.39 is 0 Å². The van der Waals surface area contributed by atoms with Crippen molar-refractivity contribution in [1.29, 1.82) is 0 Å². The minimum atomic E-state index is -0.0638. The molecule has 6 aromatic carbocycles. The highest BCUT2D eigenvalue weighted by molar-refractivity contribution is 5.86. The largest absolute Gasteiger partial charge is 0.310 e. The lowest BCUT2D eigenvalue weighted by Gasteiger charge is -2.57. The SMILES string of the molecule is CC1(C)c2ccccc2-c2ccc(N(c3ccc(-c4ccc(C56CC7CC(CC(C7)C5)C6)cc4)cc3)c3cccc(-c4ccccc4)c3)cc21. The third-order valence-electron chi connectivity index (χ3n) is 13.0. The zero-order valence-electron chi connectivity index (χ0n) is 29.3. The summed E-state index contributed by atoms with van der Waals surface area (Å²) in [7, 11) is 0. The summed E-state index contributed by atoms with van der Waals surface area (Å²) in [6, 6.07) is 54.7. The van der Waals surface area contributed by atoms with Gasteiger partial charge in [0, 0.05) is 22.5 Å². The van der Waals surface area contributed by atoms with E-state index >= 15 is 0 Å². The number of fused-ring (bicyclic) bond motifs is 3. The summed E-state index contributed by atoms with van der Waals surface area (Å²) in [5, 5.41) is 0. The molecular weight excluding hydrogens is 603 g/mol. The van der Waals surface area contributed by atoms with Gasteiger partial charge in [-0.3, -0.25) is 0 Å². The van der Waals surface area contributed by atoms with Crippen LogP contribution in [-0.2, 0) is 10.8 Å². The van der Waals surface area contributed by atoms with Crippen molar-refractivity contribution in [2.45, 2.75) is 63.2 Å². The first-order valence-corrected chi connectivity index (χ1v) is 18.8. The summed E-state index contributed by atoms with van der Waals surface area (Å²) in [6.07, 6.45) is 8.73. The van der Waals surface area contributed by atoms with Gasteiger partial charge in [0.2, 0.25) is 0 Å². The summed E-state index contributed by atoms with van der Waals surface area (Å²) in [4.78, 5) is 2.44. The van der Waals surface area contributed by atoms with Crippen LogP contribution >= 0.6 is 0 Å². The molecule has 0 amide bonds. The van der Waals surface area contributed by atoms with Gasteiger partial charge in [-0.1, -0.05) is 123 Å². The van der Waals surface area contributed by atoms with Crippen molar-refractivity contribution in [2.24, 2.45) is 17.8 Å². The summed E-state index contributed by atoms with van der Waals surface area (Å²) in [5.41, 5.74) is 16.0. The zero-order valence-corrected chi connectivity index (χ0v) is 29.3. The maximum absolute atomic E-state index is 2.47. The van der Waals surface area contributed by atoms with Crippen molar-refractivity contribution in [3.63, 3.8) is 0 Å². The first kappa shape index (κ1) is 30.0. The van der Waals surface area contributed by atoms with Crippen LogP contribution in [0.3, 0.4) is 0 Å². The van der Waals surface area contributed by atoms with Crippen molar-refractivity contribution in [2.75, 3.05) is 4.90 Å². The second-order valence-corrected chi connectivity index (χ2v) is 16.5. The Labute approximate surface area is 297 Å². The fraction of sp³-hybridized carbons (Fsp3) is 0.265.